The third-order valence-electron chi connectivity index (χ3n) is 2.27. The van der Waals surface area contributed by atoms with Gasteiger partial charge in [0.05, 0.1) is 0 Å². The second kappa shape index (κ2) is 3.86. The highest BCUT2D eigenvalue weighted by Crippen LogP contribution is 2.27. The molecule has 1 aliphatic heterocycles. The van der Waals surface area contributed by atoms with Crippen molar-refractivity contribution in [2.75, 3.05) is 6.61 Å². The Bertz CT molecular complexity index is 120. The van der Waals surface area contributed by atoms with E-state index in [0.717, 1.165) is 45.0 Å². The maximum Gasteiger partial charge on any atom is 0.151 e. The Morgan fingerprint density at radius 2 is 2.36 bits per heavy atom. The zero-order valence-corrected chi connectivity index (χ0v) is 7.14. The lowest BCUT2D eigenvalue weighted by atomic mass is 9.91. The first-order valence-corrected chi connectivity index (χ1v) is 4.43. The Kier molecular flexibility index (Phi) is 3.06. The van der Waals surface area contributed by atoms with Crippen molar-refractivity contribution in [3.8, 4) is 0 Å². The molecule has 1 rings (SSSR count). The zero-order chi connectivity index (χ0) is 8.16. The molecule has 0 bridgehead atoms. The Labute approximate surface area is 67.9 Å². The number of hydrogen-bond acceptors (Lipinski definition) is 2. The Morgan fingerprint density at radius 3 is 2.82 bits per heavy atom. The standard InChI is InChI=1S/C9H16O2/c1-2-5-9(8-10)6-3-4-7-11-9/h8H,2-7H2,1H3. The maximum atomic E-state index is 10.7. The summed E-state index contributed by atoms with van der Waals surface area (Å²) in [7, 11) is 0. The van der Waals surface area contributed by atoms with E-state index in [4.69, 9.17) is 4.74 Å². The molecule has 1 unspecified atom stereocenters. The van der Waals surface area contributed by atoms with Gasteiger partial charge in [-0.25, -0.2) is 0 Å². The van der Waals surface area contributed by atoms with E-state index in [-0.39, 0.29) is 0 Å². The highest BCUT2D eigenvalue weighted by atomic mass is 16.5. The van der Waals surface area contributed by atoms with Crippen molar-refractivity contribution in [1.29, 1.82) is 0 Å². The Hall–Kier alpha value is -0.370. The minimum Gasteiger partial charge on any atom is -0.368 e. The summed E-state index contributed by atoms with van der Waals surface area (Å²) < 4.78 is 5.49. The number of rotatable bonds is 3. The molecule has 0 radical (unpaired) electrons. The van der Waals surface area contributed by atoms with Gasteiger partial charge in [0.25, 0.3) is 0 Å². The van der Waals surface area contributed by atoms with E-state index in [1.54, 1.807) is 0 Å². The number of carbonyl (C=O) groups excluding carboxylic acids is 1. The minimum absolute atomic E-state index is 0.410. The van der Waals surface area contributed by atoms with E-state index in [0.29, 0.717) is 0 Å². The van der Waals surface area contributed by atoms with Crippen LogP contribution in [0.4, 0.5) is 0 Å². The lowest BCUT2D eigenvalue weighted by molar-refractivity contribution is -0.138. The van der Waals surface area contributed by atoms with E-state index < -0.39 is 5.60 Å². The molecule has 0 amide bonds. The van der Waals surface area contributed by atoms with Crippen LogP contribution < -0.4 is 0 Å². The van der Waals surface area contributed by atoms with Crippen molar-refractivity contribution in [3.63, 3.8) is 0 Å². The van der Waals surface area contributed by atoms with Crippen molar-refractivity contribution in [1.82, 2.24) is 0 Å². The van der Waals surface area contributed by atoms with Crippen molar-refractivity contribution in [2.45, 2.75) is 44.6 Å². The molecule has 2 heteroatoms. The molecule has 0 aromatic heterocycles. The normalized spacial score (nSPS) is 31.7. The van der Waals surface area contributed by atoms with Crippen molar-refractivity contribution >= 4 is 6.29 Å². The average molecular weight is 156 g/mol. The molecule has 64 valence electrons. The van der Waals surface area contributed by atoms with Crippen molar-refractivity contribution < 1.29 is 9.53 Å². The smallest absolute Gasteiger partial charge is 0.151 e. The topological polar surface area (TPSA) is 26.3 Å². The molecule has 1 aliphatic rings. The molecule has 1 fully saturated rings. The molecule has 11 heavy (non-hydrogen) atoms. The Morgan fingerprint density at radius 1 is 1.55 bits per heavy atom. The molecule has 0 aromatic rings. The van der Waals surface area contributed by atoms with E-state index >= 15 is 0 Å². The molecular weight excluding hydrogens is 140 g/mol. The highest BCUT2D eigenvalue weighted by Gasteiger charge is 2.31. The van der Waals surface area contributed by atoms with Crippen molar-refractivity contribution in [3.05, 3.63) is 0 Å². The van der Waals surface area contributed by atoms with Crippen LogP contribution in [0, 0.1) is 0 Å². The fourth-order valence-corrected chi connectivity index (χ4v) is 1.65. The zero-order valence-electron chi connectivity index (χ0n) is 7.14. The molecule has 1 heterocycles. The van der Waals surface area contributed by atoms with Crippen LogP contribution in [0.15, 0.2) is 0 Å². The fourth-order valence-electron chi connectivity index (χ4n) is 1.65. The summed E-state index contributed by atoms with van der Waals surface area (Å²) in [5.41, 5.74) is -0.410. The molecule has 0 aromatic carbocycles. The second-order valence-corrected chi connectivity index (χ2v) is 3.24. The van der Waals surface area contributed by atoms with Crippen LogP contribution in [0.25, 0.3) is 0 Å². The molecule has 2 nitrogen and oxygen atoms in total. The molecule has 1 atom stereocenters. The summed E-state index contributed by atoms with van der Waals surface area (Å²) >= 11 is 0. The van der Waals surface area contributed by atoms with Crippen LogP contribution >= 0.6 is 0 Å². The summed E-state index contributed by atoms with van der Waals surface area (Å²) in [5.74, 6) is 0. The molecule has 1 saturated heterocycles. The van der Waals surface area contributed by atoms with Crippen LogP contribution in [0.1, 0.15) is 39.0 Å². The van der Waals surface area contributed by atoms with Crippen LogP contribution in [-0.4, -0.2) is 18.5 Å². The van der Waals surface area contributed by atoms with Gasteiger partial charge in [-0.05, 0) is 25.7 Å². The average Bonchev–Trinajstić information content (AvgIpc) is 2.07. The van der Waals surface area contributed by atoms with Gasteiger partial charge < -0.3 is 9.53 Å². The van der Waals surface area contributed by atoms with Gasteiger partial charge >= 0.3 is 0 Å². The second-order valence-electron chi connectivity index (χ2n) is 3.24. The highest BCUT2D eigenvalue weighted by molar-refractivity contribution is 5.62. The van der Waals surface area contributed by atoms with Crippen LogP contribution in [0.5, 0.6) is 0 Å². The third kappa shape index (κ3) is 2.03. The maximum absolute atomic E-state index is 10.7. The van der Waals surface area contributed by atoms with Crippen molar-refractivity contribution in [2.24, 2.45) is 0 Å². The van der Waals surface area contributed by atoms with Gasteiger partial charge in [-0.1, -0.05) is 13.3 Å². The van der Waals surface area contributed by atoms with Gasteiger partial charge in [0.15, 0.2) is 6.29 Å². The molecule has 0 N–H and O–H groups in total. The van der Waals surface area contributed by atoms with Gasteiger partial charge in [0.2, 0.25) is 0 Å². The van der Waals surface area contributed by atoms with Crippen LogP contribution in [0.3, 0.4) is 0 Å². The van der Waals surface area contributed by atoms with Gasteiger partial charge in [0.1, 0.15) is 5.60 Å². The largest absolute Gasteiger partial charge is 0.368 e. The summed E-state index contributed by atoms with van der Waals surface area (Å²) in [6, 6.07) is 0. The first kappa shape index (κ1) is 8.72. The summed E-state index contributed by atoms with van der Waals surface area (Å²) in [6.45, 7) is 2.85. The first-order chi connectivity index (χ1) is 5.33. The molecule has 0 aliphatic carbocycles. The molecule has 0 spiro atoms. The number of hydrogen-bond donors (Lipinski definition) is 0. The lowest BCUT2D eigenvalue weighted by Crippen LogP contribution is -2.37. The van der Waals surface area contributed by atoms with Gasteiger partial charge in [0, 0.05) is 6.61 Å². The number of ether oxygens (including phenoxy) is 1. The predicted octanol–water partition coefficient (Wildman–Crippen LogP) is 1.92. The van der Waals surface area contributed by atoms with Gasteiger partial charge in [-0.3, -0.25) is 0 Å². The van der Waals surface area contributed by atoms with E-state index in [1.807, 2.05) is 0 Å². The van der Waals surface area contributed by atoms with E-state index in [1.165, 1.54) is 0 Å². The minimum atomic E-state index is -0.410. The Balaban J connectivity index is 2.49. The quantitative estimate of drug-likeness (QED) is 0.583. The summed E-state index contributed by atoms with van der Waals surface area (Å²) in [4.78, 5) is 10.7. The molecular formula is C9H16O2. The first-order valence-electron chi connectivity index (χ1n) is 4.43. The fraction of sp³-hybridized carbons (Fsp3) is 0.889. The van der Waals surface area contributed by atoms with E-state index in [9.17, 15) is 4.79 Å². The van der Waals surface area contributed by atoms with Gasteiger partial charge in [-0.2, -0.15) is 0 Å². The number of aldehydes is 1. The van der Waals surface area contributed by atoms with E-state index in [2.05, 4.69) is 6.92 Å². The predicted molar refractivity (Wildman–Crippen MR) is 43.5 cm³/mol. The SMILES string of the molecule is CCCC1(C=O)CCCCO1. The lowest BCUT2D eigenvalue weighted by Gasteiger charge is -2.31. The van der Waals surface area contributed by atoms with Crippen LogP contribution in [0.2, 0.25) is 0 Å². The van der Waals surface area contributed by atoms with Crippen LogP contribution in [-0.2, 0) is 9.53 Å². The summed E-state index contributed by atoms with van der Waals surface area (Å²) in [6.07, 6.45) is 6.08. The van der Waals surface area contributed by atoms with Gasteiger partial charge in [-0.15, -0.1) is 0 Å². The molecule has 0 saturated carbocycles. The third-order valence-corrected chi connectivity index (χ3v) is 2.27. The summed E-state index contributed by atoms with van der Waals surface area (Å²) in [5, 5.41) is 0. The number of carbonyl (C=O) groups is 1. The monoisotopic (exact) mass is 156 g/mol.